The molecule has 0 spiro atoms. The minimum absolute atomic E-state index is 1.08. The van der Waals surface area contributed by atoms with E-state index in [1.165, 1.54) is 48.2 Å². The predicted molar refractivity (Wildman–Crippen MR) is 99.4 cm³/mol. The van der Waals surface area contributed by atoms with Gasteiger partial charge in [-0.2, -0.15) is 0 Å². The maximum Gasteiger partial charge on any atom is 0.0485 e. The highest BCUT2D eigenvalue weighted by Crippen LogP contribution is 2.29. The van der Waals surface area contributed by atoms with Crippen molar-refractivity contribution in [3.05, 3.63) is 72.8 Å². The molecule has 0 bridgehead atoms. The van der Waals surface area contributed by atoms with E-state index in [4.69, 9.17) is 0 Å². The zero-order chi connectivity index (χ0) is 15.9. The Morgan fingerprint density at radius 2 is 1.13 bits per heavy atom. The summed E-state index contributed by atoms with van der Waals surface area (Å²) in [5.41, 5.74) is 5.23. The zero-order valence-electron chi connectivity index (χ0n) is 13.9. The number of benzene rings is 2. The molecule has 1 nitrogen and oxygen atoms in total. The molecule has 2 aromatic carbocycles. The quantitative estimate of drug-likeness (QED) is 0.445. The molecule has 23 heavy (non-hydrogen) atoms. The van der Waals surface area contributed by atoms with Crippen molar-refractivity contribution in [2.75, 3.05) is 0 Å². The van der Waals surface area contributed by atoms with Gasteiger partial charge in [0.15, 0.2) is 0 Å². The lowest BCUT2D eigenvalue weighted by atomic mass is 10.1. The number of unbranched alkanes of at least 4 members (excludes halogenated alkanes) is 3. The number of hydrogen-bond acceptors (Lipinski definition) is 0. The fourth-order valence-corrected chi connectivity index (χ4v) is 3.13. The van der Waals surface area contributed by atoms with E-state index in [0.29, 0.717) is 0 Å². The highest BCUT2D eigenvalue weighted by Gasteiger charge is 2.11. The van der Waals surface area contributed by atoms with E-state index >= 15 is 0 Å². The van der Waals surface area contributed by atoms with Crippen LogP contribution in [0.3, 0.4) is 0 Å². The first kappa shape index (κ1) is 15.6. The second-order valence-electron chi connectivity index (χ2n) is 6.05. The smallest absolute Gasteiger partial charge is 0.0485 e. The molecule has 1 heterocycles. The van der Waals surface area contributed by atoms with E-state index < -0.39 is 0 Å². The van der Waals surface area contributed by atoms with Crippen molar-refractivity contribution in [1.29, 1.82) is 0 Å². The largest absolute Gasteiger partial charge is 0.341 e. The van der Waals surface area contributed by atoms with E-state index in [2.05, 4.69) is 84.3 Å². The fraction of sp³-hybridized carbons (Fsp3) is 0.273. The third kappa shape index (κ3) is 3.73. The monoisotopic (exact) mass is 303 g/mol. The van der Waals surface area contributed by atoms with Gasteiger partial charge in [0, 0.05) is 17.9 Å². The molecular formula is C22H25N. The molecule has 3 rings (SSSR count). The van der Waals surface area contributed by atoms with E-state index in [-0.39, 0.29) is 0 Å². The number of rotatable bonds is 7. The Morgan fingerprint density at radius 3 is 1.61 bits per heavy atom. The van der Waals surface area contributed by atoms with Crippen LogP contribution in [-0.4, -0.2) is 4.57 Å². The Morgan fingerprint density at radius 1 is 0.609 bits per heavy atom. The van der Waals surface area contributed by atoms with Crippen LogP contribution in [0, 0.1) is 0 Å². The lowest BCUT2D eigenvalue weighted by molar-refractivity contribution is 0.590. The lowest BCUT2D eigenvalue weighted by Crippen LogP contribution is -2.02. The Labute approximate surface area is 139 Å². The van der Waals surface area contributed by atoms with Crippen molar-refractivity contribution in [2.24, 2.45) is 0 Å². The summed E-state index contributed by atoms with van der Waals surface area (Å²) < 4.78 is 2.49. The second-order valence-corrected chi connectivity index (χ2v) is 6.05. The van der Waals surface area contributed by atoms with E-state index in [9.17, 15) is 0 Å². The average molecular weight is 303 g/mol. The molecule has 3 aromatic rings. The molecule has 0 fully saturated rings. The third-order valence-corrected chi connectivity index (χ3v) is 4.36. The molecule has 0 N–H and O–H groups in total. The predicted octanol–water partition coefficient (Wildman–Crippen LogP) is 6.40. The molecule has 0 aliphatic carbocycles. The Hall–Kier alpha value is -2.28. The molecule has 0 aliphatic rings. The first-order valence-electron chi connectivity index (χ1n) is 8.70. The van der Waals surface area contributed by atoms with Gasteiger partial charge >= 0.3 is 0 Å². The summed E-state index contributed by atoms with van der Waals surface area (Å²) in [7, 11) is 0. The van der Waals surface area contributed by atoms with Crippen LogP contribution < -0.4 is 0 Å². The van der Waals surface area contributed by atoms with E-state index in [0.717, 1.165) is 6.54 Å². The molecule has 0 unspecified atom stereocenters. The van der Waals surface area contributed by atoms with Gasteiger partial charge in [0.2, 0.25) is 0 Å². The number of hydrogen-bond donors (Lipinski definition) is 0. The Bertz CT molecular complexity index is 653. The number of aromatic nitrogens is 1. The van der Waals surface area contributed by atoms with Crippen LogP contribution >= 0.6 is 0 Å². The van der Waals surface area contributed by atoms with Crippen LogP contribution in [-0.2, 0) is 6.54 Å². The fourth-order valence-electron chi connectivity index (χ4n) is 3.13. The molecule has 0 atom stereocenters. The normalized spacial score (nSPS) is 10.8. The van der Waals surface area contributed by atoms with Gasteiger partial charge in [0.1, 0.15) is 0 Å². The van der Waals surface area contributed by atoms with Crippen LogP contribution in [0.5, 0.6) is 0 Å². The SMILES string of the molecule is CCCCCCn1c(-c2ccccc2)ccc1-c1ccccc1. The first-order chi connectivity index (χ1) is 11.4. The molecule has 1 aromatic heterocycles. The third-order valence-electron chi connectivity index (χ3n) is 4.36. The van der Waals surface area contributed by atoms with E-state index in [1.807, 2.05) is 0 Å². The van der Waals surface area contributed by atoms with Crippen molar-refractivity contribution >= 4 is 0 Å². The molecule has 0 saturated heterocycles. The highest BCUT2D eigenvalue weighted by molar-refractivity contribution is 5.69. The molecule has 118 valence electrons. The van der Waals surface area contributed by atoms with E-state index in [1.54, 1.807) is 0 Å². The number of nitrogens with zero attached hydrogens (tertiary/aromatic N) is 1. The maximum atomic E-state index is 2.49. The second kappa shape index (κ2) is 7.82. The van der Waals surface area contributed by atoms with Gasteiger partial charge < -0.3 is 4.57 Å². The highest BCUT2D eigenvalue weighted by atomic mass is 15.0. The van der Waals surface area contributed by atoms with Gasteiger partial charge in [-0.25, -0.2) is 0 Å². The molecule has 0 amide bonds. The van der Waals surface area contributed by atoms with Crippen LogP contribution in [0.1, 0.15) is 32.6 Å². The average Bonchev–Trinajstić information content (AvgIpc) is 3.04. The van der Waals surface area contributed by atoms with Crippen molar-refractivity contribution in [1.82, 2.24) is 4.57 Å². The maximum absolute atomic E-state index is 2.49. The first-order valence-corrected chi connectivity index (χ1v) is 8.70. The van der Waals surface area contributed by atoms with Gasteiger partial charge in [-0.1, -0.05) is 86.8 Å². The van der Waals surface area contributed by atoms with Crippen LogP contribution in [0.4, 0.5) is 0 Å². The van der Waals surface area contributed by atoms with Gasteiger partial charge in [0.25, 0.3) is 0 Å². The molecular weight excluding hydrogens is 278 g/mol. The summed E-state index contributed by atoms with van der Waals surface area (Å²) in [6.45, 7) is 3.35. The topological polar surface area (TPSA) is 4.93 Å². The molecule has 0 saturated carbocycles. The molecule has 1 heteroatoms. The summed E-state index contributed by atoms with van der Waals surface area (Å²) in [4.78, 5) is 0. The summed E-state index contributed by atoms with van der Waals surface area (Å²) in [5.74, 6) is 0. The summed E-state index contributed by atoms with van der Waals surface area (Å²) in [6, 6.07) is 26.0. The standard InChI is InChI=1S/C22H25N/c1-2-3-4-11-18-23-21(19-12-7-5-8-13-19)16-17-22(23)20-14-9-6-10-15-20/h5-10,12-17H,2-4,11,18H2,1H3. The summed E-state index contributed by atoms with van der Waals surface area (Å²) >= 11 is 0. The van der Waals surface area contributed by atoms with Crippen molar-refractivity contribution in [3.63, 3.8) is 0 Å². The minimum Gasteiger partial charge on any atom is -0.341 e. The van der Waals surface area contributed by atoms with Gasteiger partial charge in [-0.15, -0.1) is 0 Å². The minimum atomic E-state index is 1.08. The zero-order valence-corrected chi connectivity index (χ0v) is 13.9. The van der Waals surface area contributed by atoms with Crippen LogP contribution in [0.15, 0.2) is 72.8 Å². The molecule has 0 aliphatic heterocycles. The van der Waals surface area contributed by atoms with Crippen molar-refractivity contribution in [3.8, 4) is 22.5 Å². The van der Waals surface area contributed by atoms with Crippen molar-refractivity contribution < 1.29 is 0 Å². The Balaban J connectivity index is 1.95. The lowest BCUT2D eigenvalue weighted by Gasteiger charge is -2.14. The summed E-state index contributed by atoms with van der Waals surface area (Å²) in [6.07, 6.45) is 5.14. The van der Waals surface area contributed by atoms with Crippen LogP contribution in [0.2, 0.25) is 0 Å². The van der Waals surface area contributed by atoms with Gasteiger partial charge in [-0.3, -0.25) is 0 Å². The summed E-state index contributed by atoms with van der Waals surface area (Å²) in [5, 5.41) is 0. The van der Waals surface area contributed by atoms with Crippen molar-refractivity contribution in [2.45, 2.75) is 39.2 Å². The Kier molecular flexibility index (Phi) is 5.31. The van der Waals surface area contributed by atoms with Crippen LogP contribution in [0.25, 0.3) is 22.5 Å². The van der Waals surface area contributed by atoms with Gasteiger partial charge in [-0.05, 0) is 29.7 Å². The molecule has 0 radical (unpaired) electrons. The van der Waals surface area contributed by atoms with Gasteiger partial charge in [0.05, 0.1) is 0 Å².